The molecule has 0 unspecified atom stereocenters. The number of fused-ring (bicyclic) bond motifs is 1. The molecule has 6 heteroatoms. The number of hydrogen-bond acceptors (Lipinski definition) is 4. The van der Waals surface area contributed by atoms with E-state index in [1.165, 1.54) is 11.1 Å². The summed E-state index contributed by atoms with van der Waals surface area (Å²) in [5, 5.41) is 1.19. The highest BCUT2D eigenvalue weighted by molar-refractivity contribution is 7.22. The molecule has 2 aromatic carbocycles. The molecule has 142 valence electrons. The molecule has 3 aromatic rings. The lowest BCUT2D eigenvalue weighted by atomic mass is 10.1. The second kappa shape index (κ2) is 8.38. The maximum absolute atomic E-state index is 13.3. The number of hydrogen-bond donors (Lipinski definition) is 0. The van der Waals surface area contributed by atoms with Gasteiger partial charge in [0.05, 0.1) is 20.8 Å². The molecule has 0 aliphatic rings. The number of rotatable bonds is 6. The summed E-state index contributed by atoms with van der Waals surface area (Å²) < 4.78 is 1.13. The molecule has 0 aliphatic heterocycles. The number of carbonyl (C=O) groups is 1. The molecule has 0 atom stereocenters. The summed E-state index contributed by atoms with van der Waals surface area (Å²) in [6, 6.07) is 11.4. The predicted molar refractivity (Wildman–Crippen MR) is 115 cm³/mol. The van der Waals surface area contributed by atoms with Crippen LogP contribution in [-0.2, 0) is 0 Å². The number of aryl methyl sites for hydroxylation is 2. The summed E-state index contributed by atoms with van der Waals surface area (Å²) >= 11 is 7.85. The van der Waals surface area contributed by atoms with Gasteiger partial charge in [0, 0.05) is 6.54 Å². The molecule has 0 saturated carbocycles. The number of benzene rings is 2. The van der Waals surface area contributed by atoms with Gasteiger partial charge in [-0.2, -0.15) is 0 Å². The van der Waals surface area contributed by atoms with Crippen LogP contribution in [0, 0.1) is 13.8 Å². The van der Waals surface area contributed by atoms with Gasteiger partial charge in [-0.05, 0) is 70.2 Å². The highest BCUT2D eigenvalue weighted by atomic mass is 35.5. The van der Waals surface area contributed by atoms with Gasteiger partial charge in [-0.25, -0.2) is 4.98 Å². The summed E-state index contributed by atoms with van der Waals surface area (Å²) in [4.78, 5) is 21.9. The van der Waals surface area contributed by atoms with Gasteiger partial charge in [-0.1, -0.05) is 41.1 Å². The molecule has 3 rings (SSSR count). The Bertz CT molecular complexity index is 967. The molecule has 0 fully saturated rings. The molecular weight excluding hydrogens is 378 g/mol. The van der Waals surface area contributed by atoms with Gasteiger partial charge in [0.1, 0.15) is 0 Å². The maximum atomic E-state index is 13.3. The second-order valence-electron chi connectivity index (χ2n) is 7.02. The van der Waals surface area contributed by atoms with Crippen LogP contribution in [-0.4, -0.2) is 43.0 Å². The van der Waals surface area contributed by atoms with Crippen molar-refractivity contribution in [3.8, 4) is 0 Å². The molecule has 1 heterocycles. The van der Waals surface area contributed by atoms with Crippen molar-refractivity contribution in [2.24, 2.45) is 0 Å². The first kappa shape index (κ1) is 19.8. The standard InChI is InChI=1S/C21H24ClN3OS/c1-14-12-15(2)19-18(13-14)23-21(27-19)25(11-7-10-24(3)4)20(26)16-8-5-6-9-17(16)22/h5-6,8-9,12-13H,7,10-11H2,1-4H3. The Hall–Kier alpha value is -1.95. The van der Waals surface area contributed by atoms with Gasteiger partial charge in [0.15, 0.2) is 5.13 Å². The van der Waals surface area contributed by atoms with Gasteiger partial charge in [-0.3, -0.25) is 9.69 Å². The molecule has 1 aromatic heterocycles. The molecular formula is C21H24ClN3OS. The number of thiazole rings is 1. The molecule has 0 saturated heterocycles. The van der Waals surface area contributed by atoms with Crippen LogP contribution < -0.4 is 4.90 Å². The third-order valence-electron chi connectivity index (χ3n) is 4.38. The van der Waals surface area contributed by atoms with E-state index in [1.807, 2.05) is 26.2 Å². The normalized spacial score (nSPS) is 11.3. The first-order valence-electron chi connectivity index (χ1n) is 8.95. The monoisotopic (exact) mass is 401 g/mol. The number of amides is 1. The van der Waals surface area contributed by atoms with Gasteiger partial charge >= 0.3 is 0 Å². The summed E-state index contributed by atoms with van der Waals surface area (Å²) in [5.74, 6) is -0.104. The van der Waals surface area contributed by atoms with Crippen LogP contribution in [0.3, 0.4) is 0 Å². The Kier molecular flexibility index (Phi) is 6.15. The van der Waals surface area contributed by atoms with E-state index in [0.717, 1.165) is 28.3 Å². The Labute approximate surface area is 169 Å². The van der Waals surface area contributed by atoms with Gasteiger partial charge in [0.25, 0.3) is 5.91 Å². The van der Waals surface area contributed by atoms with E-state index in [0.29, 0.717) is 17.1 Å². The maximum Gasteiger partial charge on any atom is 0.261 e. The first-order chi connectivity index (χ1) is 12.9. The molecule has 0 bridgehead atoms. The van der Waals surface area contributed by atoms with Gasteiger partial charge < -0.3 is 4.90 Å². The zero-order valence-corrected chi connectivity index (χ0v) is 17.7. The third-order valence-corrected chi connectivity index (χ3v) is 5.94. The molecule has 1 amide bonds. The van der Waals surface area contributed by atoms with Crippen LogP contribution in [0.5, 0.6) is 0 Å². The lowest BCUT2D eigenvalue weighted by Gasteiger charge is -2.21. The van der Waals surface area contributed by atoms with Gasteiger partial charge in [-0.15, -0.1) is 0 Å². The summed E-state index contributed by atoms with van der Waals surface area (Å²) in [6.07, 6.45) is 0.858. The van der Waals surface area contributed by atoms with Crippen LogP contribution in [0.1, 0.15) is 27.9 Å². The van der Waals surface area contributed by atoms with Crippen molar-refractivity contribution in [3.63, 3.8) is 0 Å². The summed E-state index contributed by atoms with van der Waals surface area (Å²) in [6.45, 7) is 5.65. The fourth-order valence-electron chi connectivity index (χ4n) is 3.09. The van der Waals surface area contributed by atoms with E-state index in [-0.39, 0.29) is 5.91 Å². The van der Waals surface area contributed by atoms with E-state index >= 15 is 0 Å². The van der Waals surface area contributed by atoms with E-state index in [1.54, 1.807) is 28.4 Å². The number of anilines is 1. The van der Waals surface area contributed by atoms with E-state index in [2.05, 4.69) is 30.9 Å². The predicted octanol–water partition coefficient (Wildman–Crippen LogP) is 5.17. The minimum atomic E-state index is -0.104. The zero-order valence-electron chi connectivity index (χ0n) is 16.1. The van der Waals surface area contributed by atoms with Crippen LogP contribution in [0.2, 0.25) is 5.02 Å². The van der Waals surface area contributed by atoms with Crippen molar-refractivity contribution >= 4 is 44.2 Å². The first-order valence-corrected chi connectivity index (χ1v) is 10.1. The summed E-state index contributed by atoms with van der Waals surface area (Å²) in [7, 11) is 4.06. The average Bonchev–Trinajstić information content (AvgIpc) is 3.02. The minimum Gasteiger partial charge on any atom is -0.309 e. The third kappa shape index (κ3) is 4.49. The quantitative estimate of drug-likeness (QED) is 0.572. The Balaban J connectivity index is 2.00. The van der Waals surface area contributed by atoms with Crippen molar-refractivity contribution in [1.82, 2.24) is 9.88 Å². The number of aromatic nitrogens is 1. The Morgan fingerprint density at radius 2 is 1.89 bits per heavy atom. The van der Waals surface area contributed by atoms with Crippen LogP contribution >= 0.6 is 22.9 Å². The SMILES string of the molecule is Cc1cc(C)c2sc(N(CCCN(C)C)C(=O)c3ccccc3Cl)nc2c1. The van der Waals surface area contributed by atoms with Crippen molar-refractivity contribution in [1.29, 1.82) is 0 Å². The lowest BCUT2D eigenvalue weighted by molar-refractivity contribution is 0.0986. The van der Waals surface area contributed by atoms with Crippen LogP contribution in [0.4, 0.5) is 5.13 Å². The largest absolute Gasteiger partial charge is 0.309 e. The minimum absolute atomic E-state index is 0.104. The number of nitrogens with zero attached hydrogens (tertiary/aromatic N) is 3. The second-order valence-corrected chi connectivity index (χ2v) is 8.40. The molecule has 0 spiro atoms. The highest BCUT2D eigenvalue weighted by Crippen LogP contribution is 2.33. The smallest absolute Gasteiger partial charge is 0.261 e. The van der Waals surface area contributed by atoms with E-state index < -0.39 is 0 Å². The van der Waals surface area contributed by atoms with Crippen molar-refractivity contribution in [3.05, 3.63) is 58.1 Å². The Morgan fingerprint density at radius 3 is 2.59 bits per heavy atom. The summed E-state index contributed by atoms with van der Waals surface area (Å²) in [5.41, 5.74) is 3.81. The Morgan fingerprint density at radius 1 is 1.15 bits per heavy atom. The zero-order chi connectivity index (χ0) is 19.6. The number of halogens is 1. The van der Waals surface area contributed by atoms with Gasteiger partial charge in [0.2, 0.25) is 0 Å². The average molecular weight is 402 g/mol. The van der Waals surface area contributed by atoms with Crippen LogP contribution in [0.25, 0.3) is 10.2 Å². The van der Waals surface area contributed by atoms with Crippen molar-refractivity contribution in [2.45, 2.75) is 20.3 Å². The fourth-order valence-corrected chi connectivity index (χ4v) is 4.35. The van der Waals surface area contributed by atoms with Crippen molar-refractivity contribution in [2.75, 3.05) is 32.1 Å². The lowest BCUT2D eigenvalue weighted by Crippen LogP contribution is -2.33. The molecule has 27 heavy (non-hydrogen) atoms. The molecule has 0 radical (unpaired) electrons. The number of carbonyl (C=O) groups excluding carboxylic acids is 1. The van der Waals surface area contributed by atoms with Crippen LogP contribution in [0.15, 0.2) is 36.4 Å². The molecule has 0 N–H and O–H groups in total. The topological polar surface area (TPSA) is 36.4 Å². The fraction of sp³-hybridized carbons (Fsp3) is 0.333. The molecule has 4 nitrogen and oxygen atoms in total. The van der Waals surface area contributed by atoms with E-state index in [4.69, 9.17) is 16.6 Å². The highest BCUT2D eigenvalue weighted by Gasteiger charge is 2.23. The molecule has 0 aliphatic carbocycles. The van der Waals surface area contributed by atoms with Crippen molar-refractivity contribution < 1.29 is 4.79 Å². The van der Waals surface area contributed by atoms with E-state index in [9.17, 15) is 4.79 Å².